The molecule has 0 heterocycles. The van der Waals surface area contributed by atoms with E-state index < -0.39 is 69.3 Å². The Morgan fingerprint density at radius 3 is 2.00 bits per heavy atom. The molecule has 0 saturated heterocycles. The molecule has 21 heteroatoms. The van der Waals surface area contributed by atoms with Gasteiger partial charge in [0.1, 0.15) is 5.69 Å². The molecule has 0 saturated carbocycles. The molecule has 17 nitrogen and oxygen atoms in total. The smallest absolute Gasteiger partial charge is 0.377 e. The van der Waals surface area contributed by atoms with Crippen molar-refractivity contribution in [3.63, 3.8) is 0 Å². The average molecular weight is 485 g/mol. The Morgan fingerprint density at radius 2 is 1.52 bits per heavy atom. The predicted molar refractivity (Wildman–Crippen MR) is 88.0 cm³/mol. The molecule has 29 heavy (non-hydrogen) atoms. The van der Waals surface area contributed by atoms with Crippen molar-refractivity contribution in [1.29, 1.82) is 0 Å². The molecule has 1 aromatic carbocycles. The third kappa shape index (κ3) is 8.59. The highest BCUT2D eigenvalue weighted by Gasteiger charge is 2.40. The van der Waals surface area contributed by atoms with Crippen molar-refractivity contribution in [3.8, 4) is 0 Å². The number of nitro groups is 2. The summed E-state index contributed by atoms with van der Waals surface area (Å²) in [7, 11) is -16.7. The second-order valence-electron chi connectivity index (χ2n) is 4.69. The second-order valence-corrected chi connectivity index (χ2v) is 9.11. The summed E-state index contributed by atoms with van der Waals surface area (Å²) in [5.74, 6) is -1.42. The van der Waals surface area contributed by atoms with Gasteiger partial charge in [-0.1, -0.05) is 0 Å². The predicted octanol–water partition coefficient (Wildman–Crippen LogP) is 1.40. The second kappa shape index (κ2) is 9.32. The van der Waals surface area contributed by atoms with Crippen molar-refractivity contribution < 1.29 is 60.7 Å². The molecule has 0 amide bonds. The molecule has 0 aliphatic carbocycles. The molecule has 0 aliphatic heterocycles. The largest absolute Gasteiger partial charge is 0.490 e. The number of nitrogens with zero attached hydrogens (tertiary/aromatic N) is 2. The minimum absolute atomic E-state index is 0.333. The highest BCUT2D eigenvalue weighted by molar-refractivity contribution is 7.66. The summed E-state index contributed by atoms with van der Waals surface area (Å²) in [5, 5.41) is 23.7. The van der Waals surface area contributed by atoms with E-state index in [-0.39, 0.29) is 0 Å². The fourth-order valence-corrected chi connectivity index (χ4v) is 4.65. The lowest BCUT2D eigenvalue weighted by molar-refractivity contribution is -0.395. The van der Waals surface area contributed by atoms with Crippen molar-refractivity contribution in [2.75, 3.05) is 18.5 Å². The molecule has 2 atom stereocenters. The summed E-state index contributed by atoms with van der Waals surface area (Å²) in [5.41, 5.74) is -2.64. The van der Waals surface area contributed by atoms with Gasteiger partial charge in [0.05, 0.1) is 22.5 Å². The molecule has 0 spiro atoms. The standard InChI is InChI=1S/C8H11FN3O14P3/c9-5-3-6(8(12(15)16)4-7(5)11(13)14)10-1-2-24-28(20,21)26-29(22,23)25-27(17,18)19/h3-4,10H,1-2H2,(H,20,21)(H,22,23)(H2,17,18,19). The van der Waals surface area contributed by atoms with Crippen molar-refractivity contribution in [1.82, 2.24) is 0 Å². The van der Waals surface area contributed by atoms with Crippen LogP contribution in [0.15, 0.2) is 12.1 Å². The first-order chi connectivity index (χ1) is 13.0. The van der Waals surface area contributed by atoms with Crippen LogP contribution in [0.5, 0.6) is 0 Å². The van der Waals surface area contributed by atoms with Crippen LogP contribution < -0.4 is 5.32 Å². The van der Waals surface area contributed by atoms with Gasteiger partial charge in [-0.3, -0.25) is 24.8 Å². The van der Waals surface area contributed by atoms with Gasteiger partial charge in [-0.25, -0.2) is 13.7 Å². The zero-order valence-electron chi connectivity index (χ0n) is 13.6. The van der Waals surface area contributed by atoms with Crippen LogP contribution in [0.1, 0.15) is 0 Å². The molecule has 0 bridgehead atoms. The van der Waals surface area contributed by atoms with Crippen molar-refractivity contribution in [3.05, 3.63) is 38.2 Å². The van der Waals surface area contributed by atoms with E-state index in [1.807, 2.05) is 0 Å². The molecule has 0 fully saturated rings. The van der Waals surface area contributed by atoms with Crippen LogP contribution in [-0.4, -0.2) is 42.6 Å². The summed E-state index contributed by atoms with van der Waals surface area (Å²) >= 11 is 0. The molecule has 0 radical (unpaired) electrons. The zero-order valence-corrected chi connectivity index (χ0v) is 16.2. The first kappa shape index (κ1) is 25.2. The monoisotopic (exact) mass is 485 g/mol. The number of rotatable bonds is 11. The zero-order chi connectivity index (χ0) is 22.6. The Labute approximate surface area is 158 Å². The maximum absolute atomic E-state index is 13.6. The number of nitro benzene ring substituents is 2. The van der Waals surface area contributed by atoms with E-state index in [2.05, 4.69) is 18.5 Å². The number of hydrogen-bond acceptors (Lipinski definition) is 11. The third-order valence-corrected chi connectivity index (χ3v) is 6.38. The maximum atomic E-state index is 13.6. The van der Waals surface area contributed by atoms with Crippen LogP contribution in [0, 0.1) is 26.0 Å². The topological polar surface area (TPSA) is 258 Å². The number of phosphoric acid groups is 3. The minimum atomic E-state index is -5.71. The summed E-state index contributed by atoms with van der Waals surface area (Å²) in [6.45, 7) is -1.46. The van der Waals surface area contributed by atoms with Gasteiger partial charge in [0.25, 0.3) is 5.69 Å². The van der Waals surface area contributed by atoms with Gasteiger partial charge in [0, 0.05) is 12.6 Å². The number of nitrogens with one attached hydrogen (secondary N) is 1. The number of phosphoric ester groups is 1. The summed E-state index contributed by atoms with van der Waals surface area (Å²) in [4.78, 5) is 54.1. The lowest BCUT2D eigenvalue weighted by atomic mass is 10.2. The minimum Gasteiger partial charge on any atom is -0.377 e. The van der Waals surface area contributed by atoms with Gasteiger partial charge < -0.3 is 24.9 Å². The first-order valence-electron chi connectivity index (χ1n) is 6.67. The number of anilines is 1. The van der Waals surface area contributed by atoms with Gasteiger partial charge in [-0.15, -0.1) is 0 Å². The van der Waals surface area contributed by atoms with Crippen molar-refractivity contribution in [2.24, 2.45) is 0 Å². The summed E-state index contributed by atoms with van der Waals surface area (Å²) in [6, 6.07) is 0.751. The Morgan fingerprint density at radius 1 is 0.966 bits per heavy atom. The van der Waals surface area contributed by atoms with Gasteiger partial charge in [0.2, 0.25) is 5.82 Å². The molecule has 1 rings (SSSR count). The van der Waals surface area contributed by atoms with Crippen LogP contribution in [0.2, 0.25) is 0 Å². The van der Waals surface area contributed by atoms with Gasteiger partial charge in [-0.2, -0.15) is 13.0 Å². The average Bonchev–Trinajstić information content (AvgIpc) is 2.47. The highest BCUT2D eigenvalue weighted by atomic mass is 31.3. The van der Waals surface area contributed by atoms with Crippen LogP contribution in [0.4, 0.5) is 21.5 Å². The lowest BCUT2D eigenvalue weighted by Crippen LogP contribution is -2.11. The number of halogens is 1. The van der Waals surface area contributed by atoms with E-state index in [0.29, 0.717) is 12.1 Å². The van der Waals surface area contributed by atoms with E-state index in [1.54, 1.807) is 0 Å². The Hall–Kier alpha value is -1.84. The molecule has 2 unspecified atom stereocenters. The molecule has 0 aliphatic rings. The fourth-order valence-electron chi connectivity index (χ4n) is 1.63. The first-order valence-corrected chi connectivity index (χ1v) is 11.2. The number of hydrogen-bond donors (Lipinski definition) is 5. The molecular weight excluding hydrogens is 474 g/mol. The van der Waals surface area contributed by atoms with E-state index in [4.69, 9.17) is 14.7 Å². The highest BCUT2D eigenvalue weighted by Crippen LogP contribution is 2.66. The Balaban J connectivity index is 2.77. The van der Waals surface area contributed by atoms with Gasteiger partial charge >= 0.3 is 29.2 Å². The van der Waals surface area contributed by atoms with Crippen molar-refractivity contribution >= 4 is 40.5 Å². The Kier molecular flexibility index (Phi) is 8.09. The van der Waals surface area contributed by atoms with Crippen LogP contribution in [0.3, 0.4) is 0 Å². The normalized spacial score (nSPS) is 15.9. The van der Waals surface area contributed by atoms with Crippen LogP contribution in [-0.2, 0) is 26.8 Å². The maximum Gasteiger partial charge on any atom is 0.490 e. The van der Waals surface area contributed by atoms with Gasteiger partial charge in [-0.05, 0) is 0 Å². The molecular formula is C8H11FN3O14P3. The van der Waals surface area contributed by atoms with E-state index in [0.717, 1.165) is 0 Å². The van der Waals surface area contributed by atoms with Gasteiger partial charge in [0.15, 0.2) is 0 Å². The fraction of sp³-hybridized carbons (Fsp3) is 0.250. The van der Waals surface area contributed by atoms with E-state index in [1.165, 1.54) is 0 Å². The summed E-state index contributed by atoms with van der Waals surface area (Å²) < 4.78 is 57.7. The molecule has 164 valence electrons. The third-order valence-electron chi connectivity index (χ3n) is 2.55. The SMILES string of the molecule is O=[N+]([O-])c1cc([N+](=O)[O-])c(NCCOP(=O)(O)OP(=O)(O)OP(=O)(O)O)cc1F. The Bertz CT molecular complexity index is 948. The number of benzene rings is 1. The molecule has 0 aromatic heterocycles. The molecule has 5 N–H and O–H groups in total. The van der Waals surface area contributed by atoms with Crippen molar-refractivity contribution in [2.45, 2.75) is 0 Å². The van der Waals surface area contributed by atoms with Crippen LogP contribution >= 0.6 is 23.5 Å². The summed E-state index contributed by atoms with van der Waals surface area (Å²) in [6.07, 6.45) is 0. The molecule has 1 aromatic rings. The van der Waals surface area contributed by atoms with Crippen LogP contribution in [0.25, 0.3) is 0 Å². The van der Waals surface area contributed by atoms with E-state index >= 15 is 0 Å². The van der Waals surface area contributed by atoms with E-state index in [9.17, 15) is 43.2 Å². The quantitative estimate of drug-likeness (QED) is 0.128. The lowest BCUT2D eigenvalue weighted by Gasteiger charge is -2.16.